The van der Waals surface area contributed by atoms with E-state index in [0.717, 1.165) is 5.69 Å². The standard InChI is InChI=1S/C29H32ClN5O6/c1-2-41-27(37)26-24-10-11-34(22-8-6-21(7-9-22)33-14-17-40-19-25(33)36)28(38)29(24,32-12-15-39-16-13-32)35(31-26)23-5-3-4-20(30)18-23/h3-9,18,24H,2,10-17,19H2,1H3. The fourth-order valence-electron chi connectivity index (χ4n) is 6.22. The van der Waals surface area contributed by atoms with Gasteiger partial charge in [0, 0.05) is 42.6 Å². The summed E-state index contributed by atoms with van der Waals surface area (Å²) < 4.78 is 16.3. The zero-order valence-corrected chi connectivity index (χ0v) is 23.6. The first-order valence-electron chi connectivity index (χ1n) is 13.9. The van der Waals surface area contributed by atoms with Gasteiger partial charge in [-0.3, -0.25) is 14.5 Å². The summed E-state index contributed by atoms with van der Waals surface area (Å²) >= 11 is 6.40. The maximum absolute atomic E-state index is 14.9. The second kappa shape index (κ2) is 11.4. The molecule has 0 aromatic heterocycles. The second-order valence-corrected chi connectivity index (χ2v) is 10.7. The molecule has 2 aromatic rings. The van der Waals surface area contributed by atoms with Crippen LogP contribution in [-0.4, -0.2) is 93.3 Å². The normalized spacial score (nSPS) is 25.3. The van der Waals surface area contributed by atoms with Crippen molar-refractivity contribution >= 4 is 52.2 Å². The van der Waals surface area contributed by atoms with E-state index in [0.29, 0.717) is 68.8 Å². The minimum Gasteiger partial charge on any atom is -0.461 e. The van der Waals surface area contributed by atoms with E-state index in [2.05, 4.69) is 4.90 Å². The lowest BCUT2D eigenvalue weighted by molar-refractivity contribution is -0.140. The third-order valence-electron chi connectivity index (χ3n) is 8.04. The number of fused-ring (bicyclic) bond motifs is 1. The van der Waals surface area contributed by atoms with Crippen LogP contribution in [0.15, 0.2) is 53.6 Å². The number of morpholine rings is 2. The minimum absolute atomic E-state index is 0.0535. The van der Waals surface area contributed by atoms with Crippen molar-refractivity contribution < 1.29 is 28.6 Å². The number of hydrogen-bond acceptors (Lipinski definition) is 9. The molecule has 2 unspecified atom stereocenters. The van der Waals surface area contributed by atoms with Crippen LogP contribution < -0.4 is 14.8 Å². The van der Waals surface area contributed by atoms with Gasteiger partial charge < -0.3 is 24.0 Å². The third kappa shape index (κ3) is 4.76. The number of hydrogen-bond donors (Lipinski definition) is 0. The summed E-state index contributed by atoms with van der Waals surface area (Å²) in [5.41, 5.74) is 0.952. The molecule has 3 fully saturated rings. The molecule has 0 N–H and O–H groups in total. The lowest BCUT2D eigenvalue weighted by atomic mass is 9.79. The number of ether oxygens (including phenoxy) is 3. The van der Waals surface area contributed by atoms with Gasteiger partial charge in [0.05, 0.1) is 38.0 Å². The van der Waals surface area contributed by atoms with Crippen LogP contribution in [0, 0.1) is 5.92 Å². The lowest BCUT2D eigenvalue weighted by Crippen LogP contribution is -2.74. The molecular formula is C29H32ClN5O6. The van der Waals surface area contributed by atoms with Gasteiger partial charge in [0.15, 0.2) is 5.71 Å². The fourth-order valence-corrected chi connectivity index (χ4v) is 6.41. The van der Waals surface area contributed by atoms with E-state index in [1.165, 1.54) is 0 Å². The molecule has 216 valence electrons. The van der Waals surface area contributed by atoms with E-state index >= 15 is 0 Å². The maximum Gasteiger partial charge on any atom is 0.354 e. The quantitative estimate of drug-likeness (QED) is 0.480. The van der Waals surface area contributed by atoms with Gasteiger partial charge in [-0.1, -0.05) is 17.7 Å². The molecule has 4 aliphatic heterocycles. The molecule has 11 nitrogen and oxygen atoms in total. The Hall–Kier alpha value is -3.51. The Labute approximate surface area is 243 Å². The molecule has 0 spiro atoms. The summed E-state index contributed by atoms with van der Waals surface area (Å²) in [6.07, 6.45) is 0.488. The molecule has 41 heavy (non-hydrogen) atoms. The molecule has 4 heterocycles. The van der Waals surface area contributed by atoms with Crippen LogP contribution in [0.3, 0.4) is 0 Å². The van der Waals surface area contributed by atoms with Crippen molar-refractivity contribution in [2.45, 2.75) is 19.0 Å². The highest BCUT2D eigenvalue weighted by Crippen LogP contribution is 2.47. The smallest absolute Gasteiger partial charge is 0.354 e. The largest absolute Gasteiger partial charge is 0.461 e. The monoisotopic (exact) mass is 581 g/mol. The van der Waals surface area contributed by atoms with E-state index in [-0.39, 0.29) is 30.7 Å². The number of esters is 1. The second-order valence-electron chi connectivity index (χ2n) is 10.2. The van der Waals surface area contributed by atoms with E-state index in [4.69, 9.17) is 30.9 Å². The van der Waals surface area contributed by atoms with Gasteiger partial charge >= 0.3 is 5.97 Å². The van der Waals surface area contributed by atoms with Crippen LogP contribution in [-0.2, 0) is 28.6 Å². The summed E-state index contributed by atoms with van der Waals surface area (Å²) in [5, 5.41) is 6.96. The van der Waals surface area contributed by atoms with Crippen LogP contribution in [0.25, 0.3) is 0 Å². The number of amides is 2. The number of benzene rings is 2. The van der Waals surface area contributed by atoms with E-state index < -0.39 is 17.6 Å². The van der Waals surface area contributed by atoms with Crippen LogP contribution in [0.4, 0.5) is 17.1 Å². The molecule has 0 radical (unpaired) electrons. The topological polar surface area (TPSA) is 104 Å². The fraction of sp³-hybridized carbons (Fsp3) is 0.448. The highest BCUT2D eigenvalue weighted by Gasteiger charge is 2.65. The van der Waals surface area contributed by atoms with Gasteiger partial charge in [-0.2, -0.15) is 5.10 Å². The number of halogens is 1. The van der Waals surface area contributed by atoms with E-state index in [1.807, 2.05) is 30.3 Å². The first-order valence-corrected chi connectivity index (χ1v) is 14.3. The zero-order chi connectivity index (χ0) is 28.6. The van der Waals surface area contributed by atoms with Gasteiger partial charge in [-0.15, -0.1) is 0 Å². The van der Waals surface area contributed by atoms with Crippen molar-refractivity contribution in [2.75, 3.05) is 74.0 Å². The van der Waals surface area contributed by atoms with Crippen molar-refractivity contribution in [1.82, 2.24) is 4.90 Å². The number of carbonyl (C=O) groups is 3. The molecule has 6 rings (SSSR count). The Balaban J connectivity index is 1.42. The number of rotatable bonds is 6. The van der Waals surface area contributed by atoms with Gasteiger partial charge in [0.2, 0.25) is 5.66 Å². The molecule has 0 saturated carbocycles. The van der Waals surface area contributed by atoms with Crippen molar-refractivity contribution in [3.05, 3.63) is 53.6 Å². The molecular weight excluding hydrogens is 550 g/mol. The average molecular weight is 582 g/mol. The molecule has 2 amide bonds. The Morgan fingerprint density at radius 1 is 0.976 bits per heavy atom. The Morgan fingerprint density at radius 3 is 2.37 bits per heavy atom. The number of carbonyl (C=O) groups excluding carboxylic acids is 3. The van der Waals surface area contributed by atoms with Crippen LogP contribution in [0.5, 0.6) is 0 Å². The van der Waals surface area contributed by atoms with Crippen molar-refractivity contribution in [3.8, 4) is 0 Å². The molecule has 0 bridgehead atoms. The summed E-state index contributed by atoms with van der Waals surface area (Å²) in [6, 6.07) is 14.6. The Morgan fingerprint density at radius 2 is 1.68 bits per heavy atom. The lowest BCUT2D eigenvalue weighted by Gasteiger charge is -2.53. The summed E-state index contributed by atoms with van der Waals surface area (Å²) in [4.78, 5) is 46.0. The number of anilines is 3. The Bertz CT molecular complexity index is 1360. The summed E-state index contributed by atoms with van der Waals surface area (Å²) in [5.74, 6) is -1.36. The maximum atomic E-state index is 14.9. The molecule has 3 saturated heterocycles. The summed E-state index contributed by atoms with van der Waals surface area (Å²) in [7, 11) is 0. The zero-order valence-electron chi connectivity index (χ0n) is 22.8. The van der Waals surface area contributed by atoms with Crippen LogP contribution in [0.2, 0.25) is 5.02 Å². The van der Waals surface area contributed by atoms with Crippen LogP contribution in [0.1, 0.15) is 13.3 Å². The highest BCUT2D eigenvalue weighted by atomic mass is 35.5. The minimum atomic E-state index is -1.33. The first-order chi connectivity index (χ1) is 19.9. The van der Waals surface area contributed by atoms with Gasteiger partial charge in [-0.05, 0) is 55.8 Å². The van der Waals surface area contributed by atoms with Crippen molar-refractivity contribution in [3.63, 3.8) is 0 Å². The van der Waals surface area contributed by atoms with Crippen molar-refractivity contribution in [1.29, 1.82) is 0 Å². The van der Waals surface area contributed by atoms with Gasteiger partial charge in [0.25, 0.3) is 11.8 Å². The molecule has 0 aliphatic carbocycles. The van der Waals surface area contributed by atoms with Gasteiger partial charge in [-0.25, -0.2) is 9.80 Å². The van der Waals surface area contributed by atoms with Gasteiger partial charge in [0.1, 0.15) is 6.61 Å². The molecule has 2 atom stereocenters. The Kier molecular flexibility index (Phi) is 7.69. The number of piperidine rings is 1. The molecule has 12 heteroatoms. The SMILES string of the molecule is CCOC(=O)C1=NN(c2cccc(Cl)c2)C2(N3CCOCC3)C(=O)N(c3ccc(N4CCOCC4=O)cc3)CCC12. The van der Waals surface area contributed by atoms with Crippen LogP contribution >= 0.6 is 11.6 Å². The highest BCUT2D eigenvalue weighted by molar-refractivity contribution is 6.40. The predicted octanol–water partition coefficient (Wildman–Crippen LogP) is 2.52. The predicted molar refractivity (Wildman–Crippen MR) is 153 cm³/mol. The average Bonchev–Trinajstić information content (AvgIpc) is 3.36. The summed E-state index contributed by atoms with van der Waals surface area (Å²) in [6.45, 7) is 5.20. The molecule has 2 aromatic carbocycles. The van der Waals surface area contributed by atoms with E-state index in [9.17, 15) is 14.4 Å². The molecule has 4 aliphatic rings. The van der Waals surface area contributed by atoms with Crippen molar-refractivity contribution in [2.24, 2.45) is 11.0 Å². The van der Waals surface area contributed by atoms with E-state index in [1.54, 1.807) is 39.9 Å². The number of nitrogens with zero attached hydrogens (tertiary/aromatic N) is 5. The first kappa shape index (κ1) is 27.6. The number of hydrazone groups is 1. The third-order valence-corrected chi connectivity index (χ3v) is 8.27.